The van der Waals surface area contributed by atoms with Crippen LogP contribution < -0.4 is 0 Å². The third-order valence-electron chi connectivity index (χ3n) is 3.81. The van der Waals surface area contributed by atoms with Crippen LogP contribution in [0.3, 0.4) is 0 Å². The number of aliphatic hydroxyl groups excluding tert-OH is 1. The van der Waals surface area contributed by atoms with Crippen molar-refractivity contribution in [3.8, 4) is 0 Å². The number of carbonyl (C=O) groups is 2. The summed E-state index contributed by atoms with van der Waals surface area (Å²) in [5.41, 5.74) is 0.884. The normalized spacial score (nSPS) is 27.2. The van der Waals surface area contributed by atoms with E-state index in [2.05, 4.69) is 0 Å². The first kappa shape index (κ1) is 14.0. The highest BCUT2D eigenvalue weighted by Crippen LogP contribution is 2.35. The Labute approximate surface area is 122 Å². The molecule has 0 saturated carbocycles. The Balaban J connectivity index is 1.65. The van der Waals surface area contributed by atoms with E-state index >= 15 is 0 Å². The Morgan fingerprint density at radius 2 is 2.14 bits per heavy atom. The van der Waals surface area contributed by atoms with Gasteiger partial charge in [-0.25, -0.2) is 4.79 Å². The molecule has 1 amide bonds. The molecule has 3 unspecified atom stereocenters. The summed E-state index contributed by atoms with van der Waals surface area (Å²) in [6.45, 7) is 0.0661. The van der Waals surface area contributed by atoms with Gasteiger partial charge in [-0.2, -0.15) is 0 Å². The van der Waals surface area contributed by atoms with Gasteiger partial charge in [0.05, 0.1) is 12.5 Å². The smallest absolute Gasteiger partial charge is 0.332 e. The van der Waals surface area contributed by atoms with Gasteiger partial charge in [-0.1, -0.05) is 30.3 Å². The van der Waals surface area contributed by atoms with Crippen molar-refractivity contribution >= 4 is 11.9 Å². The summed E-state index contributed by atoms with van der Waals surface area (Å²) < 4.78 is 10.9. The molecule has 3 rings (SSSR count). The minimum Gasteiger partial charge on any atom is -0.459 e. The lowest BCUT2D eigenvalue weighted by atomic mass is 10.0. The maximum atomic E-state index is 12.3. The van der Waals surface area contributed by atoms with Crippen LogP contribution >= 0.6 is 0 Å². The maximum absolute atomic E-state index is 12.3. The molecular weight excluding hydrogens is 274 g/mol. The van der Waals surface area contributed by atoms with E-state index in [0.717, 1.165) is 5.56 Å². The largest absolute Gasteiger partial charge is 0.459 e. The Kier molecular flexibility index (Phi) is 3.90. The van der Waals surface area contributed by atoms with Gasteiger partial charge in [0, 0.05) is 6.61 Å². The van der Waals surface area contributed by atoms with Crippen LogP contribution in [0.1, 0.15) is 18.4 Å². The van der Waals surface area contributed by atoms with Crippen molar-refractivity contribution in [2.45, 2.75) is 37.8 Å². The van der Waals surface area contributed by atoms with Crippen LogP contribution in [0, 0.1) is 0 Å². The van der Waals surface area contributed by atoms with Crippen LogP contribution in [0.15, 0.2) is 30.3 Å². The predicted octanol–water partition coefficient (Wildman–Crippen LogP) is 0.438. The van der Waals surface area contributed by atoms with Crippen molar-refractivity contribution in [3.05, 3.63) is 35.9 Å². The molecule has 2 heterocycles. The summed E-state index contributed by atoms with van der Waals surface area (Å²) in [4.78, 5) is 25.3. The van der Waals surface area contributed by atoms with E-state index in [1.165, 1.54) is 4.90 Å². The number of fused-ring (bicyclic) bond motifs is 1. The average Bonchev–Trinajstić information content (AvgIpc) is 2.79. The number of benzene rings is 1. The van der Waals surface area contributed by atoms with Gasteiger partial charge in [0.15, 0.2) is 6.04 Å². The van der Waals surface area contributed by atoms with Gasteiger partial charge in [0.25, 0.3) is 0 Å². The van der Waals surface area contributed by atoms with Gasteiger partial charge >= 0.3 is 5.97 Å². The molecule has 2 aliphatic rings. The van der Waals surface area contributed by atoms with Gasteiger partial charge in [-0.15, -0.1) is 0 Å². The van der Waals surface area contributed by atoms with Gasteiger partial charge < -0.3 is 14.6 Å². The number of amides is 1. The van der Waals surface area contributed by atoms with Crippen LogP contribution in [0.4, 0.5) is 0 Å². The average molecular weight is 291 g/mol. The maximum Gasteiger partial charge on any atom is 0.332 e. The number of ether oxygens (including phenoxy) is 2. The second-order valence-corrected chi connectivity index (χ2v) is 5.18. The van der Waals surface area contributed by atoms with E-state index in [-0.39, 0.29) is 25.3 Å². The van der Waals surface area contributed by atoms with Crippen molar-refractivity contribution in [2.75, 3.05) is 6.61 Å². The summed E-state index contributed by atoms with van der Waals surface area (Å²) in [6.07, 6.45) is -0.228. The molecule has 6 nitrogen and oxygen atoms in total. The van der Waals surface area contributed by atoms with E-state index in [1.807, 2.05) is 30.3 Å². The van der Waals surface area contributed by atoms with E-state index in [1.54, 1.807) is 0 Å². The van der Waals surface area contributed by atoms with E-state index in [9.17, 15) is 9.59 Å². The molecule has 2 aliphatic heterocycles. The number of hydrogen-bond acceptors (Lipinski definition) is 5. The van der Waals surface area contributed by atoms with Crippen LogP contribution in [0.5, 0.6) is 0 Å². The number of nitrogens with zero attached hydrogens (tertiary/aromatic N) is 1. The molecule has 1 N–H and O–H groups in total. The van der Waals surface area contributed by atoms with E-state index < -0.39 is 18.1 Å². The molecule has 6 heteroatoms. The second kappa shape index (κ2) is 5.83. The molecule has 3 atom stereocenters. The third kappa shape index (κ3) is 2.64. The lowest BCUT2D eigenvalue weighted by molar-refractivity contribution is -0.166. The fourth-order valence-electron chi connectivity index (χ4n) is 2.74. The molecular formula is C15H17NO5. The molecule has 21 heavy (non-hydrogen) atoms. The molecule has 0 radical (unpaired) electrons. The van der Waals surface area contributed by atoms with Gasteiger partial charge in [-0.05, 0) is 12.0 Å². The zero-order valence-electron chi connectivity index (χ0n) is 11.5. The zero-order valence-corrected chi connectivity index (χ0v) is 11.5. The molecule has 2 fully saturated rings. The first-order valence-corrected chi connectivity index (χ1v) is 6.98. The van der Waals surface area contributed by atoms with Crippen LogP contribution in [0.2, 0.25) is 0 Å². The fraction of sp³-hybridized carbons (Fsp3) is 0.467. The Hall–Kier alpha value is -1.92. The number of rotatable bonds is 5. The number of carbonyl (C=O) groups excluding carboxylic acids is 2. The second-order valence-electron chi connectivity index (χ2n) is 5.18. The number of aliphatic hydroxyl groups is 1. The molecule has 1 aromatic rings. The molecule has 0 aromatic heterocycles. The lowest BCUT2D eigenvalue weighted by Gasteiger charge is -2.35. The molecule has 112 valence electrons. The summed E-state index contributed by atoms with van der Waals surface area (Å²) in [5.74, 6) is -0.588. The highest BCUT2D eigenvalue weighted by Gasteiger charge is 2.55. The highest BCUT2D eigenvalue weighted by molar-refractivity contribution is 5.90. The van der Waals surface area contributed by atoms with E-state index in [4.69, 9.17) is 14.6 Å². The minimum absolute atomic E-state index is 0.0954. The van der Waals surface area contributed by atoms with Crippen molar-refractivity contribution < 1.29 is 24.2 Å². The van der Waals surface area contributed by atoms with Crippen molar-refractivity contribution in [2.24, 2.45) is 0 Å². The van der Waals surface area contributed by atoms with Gasteiger partial charge in [-0.3, -0.25) is 9.69 Å². The fourth-order valence-corrected chi connectivity index (χ4v) is 2.74. The first-order valence-electron chi connectivity index (χ1n) is 6.98. The van der Waals surface area contributed by atoms with Crippen molar-refractivity contribution in [3.63, 3.8) is 0 Å². The predicted molar refractivity (Wildman–Crippen MR) is 71.9 cm³/mol. The van der Waals surface area contributed by atoms with Gasteiger partial charge in [0.2, 0.25) is 5.91 Å². The molecule has 2 saturated heterocycles. The quantitative estimate of drug-likeness (QED) is 0.629. The zero-order chi connectivity index (χ0) is 14.8. The van der Waals surface area contributed by atoms with E-state index in [0.29, 0.717) is 12.8 Å². The Morgan fingerprint density at radius 1 is 1.38 bits per heavy atom. The molecule has 0 bridgehead atoms. The molecule has 1 aromatic carbocycles. The number of esters is 1. The van der Waals surface area contributed by atoms with Crippen LogP contribution in [-0.4, -0.2) is 46.9 Å². The first-order chi connectivity index (χ1) is 10.2. The van der Waals surface area contributed by atoms with Crippen molar-refractivity contribution in [1.29, 1.82) is 0 Å². The number of β-lactam (4-membered cyclic amide) rings is 1. The van der Waals surface area contributed by atoms with Crippen LogP contribution in [0.25, 0.3) is 0 Å². The Bertz CT molecular complexity index is 532. The minimum atomic E-state index is -0.743. The SMILES string of the molecule is O=C(OCc1ccccc1)C1C(CCO)OC2CC(=O)N21. The summed E-state index contributed by atoms with van der Waals surface area (Å²) >= 11 is 0. The molecule has 0 aliphatic carbocycles. The lowest BCUT2D eigenvalue weighted by Crippen LogP contribution is -2.56. The highest BCUT2D eigenvalue weighted by atomic mass is 16.6. The van der Waals surface area contributed by atoms with Crippen LogP contribution in [-0.2, 0) is 25.7 Å². The van der Waals surface area contributed by atoms with Gasteiger partial charge in [0.1, 0.15) is 12.8 Å². The Morgan fingerprint density at radius 3 is 2.81 bits per heavy atom. The van der Waals surface area contributed by atoms with Crippen molar-refractivity contribution in [1.82, 2.24) is 4.90 Å². The monoisotopic (exact) mass is 291 g/mol. The molecule has 0 spiro atoms. The summed E-state index contributed by atoms with van der Waals surface area (Å²) in [6, 6.07) is 8.60. The topological polar surface area (TPSA) is 76.1 Å². The number of hydrogen-bond donors (Lipinski definition) is 1. The standard InChI is InChI=1S/C15H17NO5/c17-7-6-11-14(16-12(18)8-13(16)21-11)15(19)20-9-10-4-2-1-3-5-10/h1-5,11,13-14,17H,6-9H2. The summed E-state index contributed by atoms with van der Waals surface area (Å²) in [5, 5.41) is 9.06. The third-order valence-corrected chi connectivity index (χ3v) is 3.81. The summed E-state index contributed by atoms with van der Waals surface area (Å²) in [7, 11) is 0.